The molecule has 0 unspecified atom stereocenters. The van der Waals surface area contributed by atoms with E-state index in [9.17, 15) is 9.59 Å². The summed E-state index contributed by atoms with van der Waals surface area (Å²) in [5.74, 6) is 0.158. The molecule has 21 heavy (non-hydrogen) atoms. The maximum Gasteiger partial charge on any atom is 0.261 e. The van der Waals surface area contributed by atoms with Crippen molar-refractivity contribution >= 4 is 32.7 Å². The van der Waals surface area contributed by atoms with Gasteiger partial charge in [0.25, 0.3) is 5.56 Å². The van der Waals surface area contributed by atoms with Crippen LogP contribution in [0.4, 0.5) is 0 Å². The van der Waals surface area contributed by atoms with Gasteiger partial charge in [0.05, 0.1) is 17.2 Å². The summed E-state index contributed by atoms with van der Waals surface area (Å²) in [6.07, 6.45) is 1.41. The number of carbonyl (C=O) groups excluding carboxylic acids is 1. The van der Waals surface area contributed by atoms with Crippen molar-refractivity contribution < 1.29 is 4.79 Å². The Balaban J connectivity index is 2.25. The molecule has 2 aromatic rings. The number of nitrogens with zero attached hydrogens (tertiary/aromatic N) is 2. The third kappa shape index (κ3) is 3.69. The van der Waals surface area contributed by atoms with Crippen LogP contribution in [0, 0.1) is 5.92 Å². The third-order valence-corrected chi connectivity index (χ3v) is 3.98. The first-order valence-electron chi connectivity index (χ1n) is 6.82. The standard InChI is InChI=1S/C15H18BrN3O2/c1-9(2)10(3)18-14(20)7-19-8-17-13-5-4-11(16)6-12(13)15(19)21/h4-6,8-10H,7H2,1-3H3,(H,18,20)/t10-/m1/s1. The van der Waals surface area contributed by atoms with Gasteiger partial charge in [0.15, 0.2) is 0 Å². The van der Waals surface area contributed by atoms with E-state index in [1.54, 1.807) is 12.1 Å². The van der Waals surface area contributed by atoms with Gasteiger partial charge in [-0.2, -0.15) is 0 Å². The Bertz CT molecular complexity index is 724. The Labute approximate surface area is 131 Å². The van der Waals surface area contributed by atoms with Gasteiger partial charge in [-0.05, 0) is 31.0 Å². The molecule has 5 nitrogen and oxygen atoms in total. The van der Waals surface area contributed by atoms with Crippen LogP contribution in [0.1, 0.15) is 20.8 Å². The Morgan fingerprint density at radius 3 is 2.76 bits per heavy atom. The normalized spacial score (nSPS) is 12.6. The molecule has 0 spiro atoms. The topological polar surface area (TPSA) is 64.0 Å². The molecule has 0 radical (unpaired) electrons. The van der Waals surface area contributed by atoms with E-state index in [2.05, 4.69) is 26.2 Å². The van der Waals surface area contributed by atoms with E-state index < -0.39 is 0 Å². The average molecular weight is 352 g/mol. The van der Waals surface area contributed by atoms with Crippen LogP contribution in [0.3, 0.4) is 0 Å². The molecule has 1 aromatic carbocycles. The quantitative estimate of drug-likeness (QED) is 0.919. The average Bonchev–Trinajstić information content (AvgIpc) is 2.42. The van der Waals surface area contributed by atoms with Gasteiger partial charge >= 0.3 is 0 Å². The van der Waals surface area contributed by atoms with Gasteiger partial charge in [0, 0.05) is 10.5 Å². The zero-order chi connectivity index (χ0) is 15.6. The Hall–Kier alpha value is -1.69. The highest BCUT2D eigenvalue weighted by Gasteiger charge is 2.12. The second-order valence-corrected chi connectivity index (χ2v) is 6.35. The van der Waals surface area contributed by atoms with Crippen molar-refractivity contribution in [1.82, 2.24) is 14.9 Å². The number of nitrogens with one attached hydrogen (secondary N) is 1. The fourth-order valence-electron chi connectivity index (χ4n) is 1.86. The number of hydrogen-bond acceptors (Lipinski definition) is 3. The monoisotopic (exact) mass is 351 g/mol. The molecule has 1 atom stereocenters. The Morgan fingerprint density at radius 2 is 2.10 bits per heavy atom. The molecule has 0 bridgehead atoms. The number of amides is 1. The van der Waals surface area contributed by atoms with Crippen LogP contribution >= 0.6 is 15.9 Å². The molecule has 1 N–H and O–H groups in total. The number of fused-ring (bicyclic) bond motifs is 1. The second kappa shape index (κ2) is 6.39. The van der Waals surface area contributed by atoms with Crippen molar-refractivity contribution in [2.24, 2.45) is 5.92 Å². The van der Waals surface area contributed by atoms with Gasteiger partial charge in [-0.15, -0.1) is 0 Å². The van der Waals surface area contributed by atoms with Crippen LogP contribution in [0.2, 0.25) is 0 Å². The number of aromatic nitrogens is 2. The number of rotatable bonds is 4. The molecule has 6 heteroatoms. The molecule has 0 saturated carbocycles. The molecule has 0 aliphatic heterocycles. The summed E-state index contributed by atoms with van der Waals surface area (Å²) in [6, 6.07) is 5.38. The highest BCUT2D eigenvalue weighted by Crippen LogP contribution is 2.14. The SMILES string of the molecule is CC(C)[C@@H](C)NC(=O)Cn1cnc2ccc(Br)cc2c1=O. The van der Waals surface area contributed by atoms with Crippen molar-refractivity contribution in [2.75, 3.05) is 0 Å². The number of carbonyl (C=O) groups is 1. The molecule has 1 aromatic heterocycles. The van der Waals surface area contributed by atoms with Crippen LogP contribution in [-0.4, -0.2) is 21.5 Å². The summed E-state index contributed by atoms with van der Waals surface area (Å²) in [4.78, 5) is 28.5. The van der Waals surface area contributed by atoms with Crippen LogP contribution in [0.5, 0.6) is 0 Å². The van der Waals surface area contributed by atoms with Crippen molar-refractivity contribution in [3.05, 3.63) is 39.4 Å². The van der Waals surface area contributed by atoms with Crippen LogP contribution in [0.25, 0.3) is 10.9 Å². The largest absolute Gasteiger partial charge is 0.352 e. The van der Waals surface area contributed by atoms with Crippen molar-refractivity contribution in [3.63, 3.8) is 0 Å². The van der Waals surface area contributed by atoms with Gasteiger partial charge in [-0.25, -0.2) is 4.98 Å². The zero-order valence-electron chi connectivity index (χ0n) is 12.3. The number of benzene rings is 1. The Morgan fingerprint density at radius 1 is 1.38 bits per heavy atom. The molecular formula is C15H18BrN3O2. The molecule has 1 heterocycles. The van der Waals surface area contributed by atoms with Crippen LogP contribution < -0.4 is 10.9 Å². The maximum absolute atomic E-state index is 12.4. The van der Waals surface area contributed by atoms with Gasteiger partial charge in [-0.3, -0.25) is 14.2 Å². The Kier molecular flexibility index (Phi) is 4.77. The molecule has 0 aliphatic rings. The minimum Gasteiger partial charge on any atom is -0.352 e. The van der Waals surface area contributed by atoms with E-state index >= 15 is 0 Å². The molecule has 1 amide bonds. The molecule has 0 saturated heterocycles. The van der Waals surface area contributed by atoms with Crippen molar-refractivity contribution in [3.8, 4) is 0 Å². The first-order chi connectivity index (χ1) is 9.88. The summed E-state index contributed by atoms with van der Waals surface area (Å²) in [5, 5.41) is 3.38. The van der Waals surface area contributed by atoms with Crippen molar-refractivity contribution in [1.29, 1.82) is 0 Å². The van der Waals surface area contributed by atoms with Crippen molar-refractivity contribution in [2.45, 2.75) is 33.4 Å². The van der Waals surface area contributed by atoms with Crippen LogP contribution in [-0.2, 0) is 11.3 Å². The fraction of sp³-hybridized carbons (Fsp3) is 0.400. The zero-order valence-corrected chi connectivity index (χ0v) is 13.8. The summed E-state index contributed by atoms with van der Waals surface area (Å²) in [5.41, 5.74) is 0.407. The summed E-state index contributed by atoms with van der Waals surface area (Å²) in [7, 11) is 0. The number of hydrogen-bond donors (Lipinski definition) is 1. The highest BCUT2D eigenvalue weighted by molar-refractivity contribution is 9.10. The molecule has 2 rings (SSSR count). The van der Waals surface area contributed by atoms with Gasteiger partial charge < -0.3 is 5.32 Å². The molecule has 112 valence electrons. The lowest BCUT2D eigenvalue weighted by Crippen LogP contribution is -2.39. The lowest BCUT2D eigenvalue weighted by Gasteiger charge is -2.17. The van der Waals surface area contributed by atoms with E-state index in [1.165, 1.54) is 10.9 Å². The van der Waals surface area contributed by atoms with Crippen LogP contribution in [0.15, 0.2) is 33.8 Å². The molecule has 0 aliphatic carbocycles. The first kappa shape index (κ1) is 15.7. The lowest BCUT2D eigenvalue weighted by molar-refractivity contribution is -0.122. The minimum atomic E-state index is -0.214. The van der Waals surface area contributed by atoms with Gasteiger partial charge in [-0.1, -0.05) is 29.8 Å². The third-order valence-electron chi connectivity index (χ3n) is 3.49. The van der Waals surface area contributed by atoms with Gasteiger partial charge in [0.1, 0.15) is 6.54 Å². The van der Waals surface area contributed by atoms with E-state index in [-0.39, 0.29) is 24.1 Å². The van der Waals surface area contributed by atoms with E-state index in [1.807, 2.05) is 26.8 Å². The predicted octanol–water partition coefficient (Wildman–Crippen LogP) is 2.32. The maximum atomic E-state index is 12.4. The van der Waals surface area contributed by atoms with E-state index in [4.69, 9.17) is 0 Å². The summed E-state index contributed by atoms with van der Waals surface area (Å²) < 4.78 is 2.14. The predicted molar refractivity (Wildman–Crippen MR) is 86.1 cm³/mol. The van der Waals surface area contributed by atoms with E-state index in [0.717, 1.165) is 4.47 Å². The molecule has 0 fully saturated rings. The summed E-state index contributed by atoms with van der Waals surface area (Å²) in [6.45, 7) is 5.99. The molecular weight excluding hydrogens is 334 g/mol. The first-order valence-corrected chi connectivity index (χ1v) is 7.62. The highest BCUT2D eigenvalue weighted by atomic mass is 79.9. The van der Waals surface area contributed by atoms with E-state index in [0.29, 0.717) is 16.8 Å². The minimum absolute atomic E-state index is 0.0225. The number of halogens is 1. The smallest absolute Gasteiger partial charge is 0.261 e. The summed E-state index contributed by atoms with van der Waals surface area (Å²) >= 11 is 3.34. The van der Waals surface area contributed by atoms with Gasteiger partial charge in [0.2, 0.25) is 5.91 Å². The fourth-order valence-corrected chi connectivity index (χ4v) is 2.23. The lowest BCUT2D eigenvalue weighted by atomic mass is 10.1. The second-order valence-electron chi connectivity index (χ2n) is 5.44.